The standard InChI is InChI=1S/C33H35N3O6/c1-22-32(30(37)38,18-10-20-34)29(26-15-9-16-27(21-26)36(41)42)33(31(39)40,23(2)35-22)19-17-28(24-11-5-3-6-12-24)25-13-7-4-8-14-25/h3-9,11-16,21-23,28-29,35H,10,17-19H2,1-2H3,(H,37,38)(H,39,40). The predicted octanol–water partition coefficient (Wildman–Crippen LogP) is 6.12. The molecule has 1 aliphatic rings. The van der Waals surface area contributed by atoms with Gasteiger partial charge in [0.2, 0.25) is 0 Å². The van der Waals surface area contributed by atoms with Crippen molar-refractivity contribution in [3.8, 4) is 6.07 Å². The number of nitrogens with one attached hydrogen (secondary N) is 1. The second kappa shape index (κ2) is 12.5. The van der Waals surface area contributed by atoms with Crippen molar-refractivity contribution in [3.63, 3.8) is 0 Å². The van der Waals surface area contributed by atoms with Crippen molar-refractivity contribution in [2.45, 2.75) is 63.5 Å². The van der Waals surface area contributed by atoms with Crippen molar-refractivity contribution in [1.29, 1.82) is 5.26 Å². The highest BCUT2D eigenvalue weighted by Crippen LogP contribution is 2.60. The van der Waals surface area contributed by atoms with Gasteiger partial charge in [0.05, 0.1) is 21.8 Å². The van der Waals surface area contributed by atoms with Gasteiger partial charge in [0.25, 0.3) is 5.69 Å². The molecule has 9 heteroatoms. The summed E-state index contributed by atoms with van der Waals surface area (Å²) in [5.41, 5.74) is -1.41. The normalized spacial score (nSPS) is 25.4. The van der Waals surface area contributed by atoms with Crippen LogP contribution in [0.1, 0.15) is 68.1 Å². The molecule has 9 nitrogen and oxygen atoms in total. The van der Waals surface area contributed by atoms with E-state index in [1.54, 1.807) is 19.9 Å². The lowest BCUT2D eigenvalue weighted by atomic mass is 9.49. The number of carboxylic acids is 2. The van der Waals surface area contributed by atoms with Crippen molar-refractivity contribution in [2.75, 3.05) is 0 Å². The average molecular weight is 570 g/mol. The third-order valence-corrected chi connectivity index (χ3v) is 9.19. The van der Waals surface area contributed by atoms with E-state index in [9.17, 15) is 35.2 Å². The number of aliphatic carboxylic acids is 2. The summed E-state index contributed by atoms with van der Waals surface area (Å²) in [5.74, 6) is -3.78. The lowest BCUT2D eigenvalue weighted by Crippen LogP contribution is -2.69. The highest BCUT2D eigenvalue weighted by molar-refractivity contribution is 5.84. The zero-order valence-electron chi connectivity index (χ0n) is 23.6. The van der Waals surface area contributed by atoms with E-state index in [1.807, 2.05) is 66.7 Å². The van der Waals surface area contributed by atoms with Crippen LogP contribution in [-0.2, 0) is 9.59 Å². The third-order valence-electron chi connectivity index (χ3n) is 9.19. The number of hydrogen-bond acceptors (Lipinski definition) is 6. The molecule has 3 aromatic carbocycles. The maximum atomic E-state index is 13.6. The molecule has 1 aliphatic heterocycles. The summed E-state index contributed by atoms with van der Waals surface area (Å²) in [7, 11) is 0. The molecule has 0 amide bonds. The van der Waals surface area contributed by atoms with Gasteiger partial charge in [0.1, 0.15) is 0 Å². The Balaban J connectivity index is 1.95. The van der Waals surface area contributed by atoms with E-state index in [1.165, 1.54) is 18.2 Å². The molecule has 1 saturated heterocycles. The van der Waals surface area contributed by atoms with Gasteiger partial charge in [-0.25, -0.2) is 0 Å². The fourth-order valence-corrected chi connectivity index (χ4v) is 7.14. The van der Waals surface area contributed by atoms with Gasteiger partial charge in [-0.05, 0) is 49.8 Å². The molecule has 0 radical (unpaired) electrons. The molecule has 0 bridgehead atoms. The highest BCUT2D eigenvalue weighted by Gasteiger charge is 2.66. The molecule has 218 valence electrons. The molecule has 0 aliphatic carbocycles. The Morgan fingerprint density at radius 1 is 0.905 bits per heavy atom. The van der Waals surface area contributed by atoms with Gasteiger partial charge in [-0.1, -0.05) is 72.8 Å². The number of non-ortho nitro benzene ring substituents is 1. The number of nitrogens with zero attached hydrogens (tertiary/aromatic N) is 2. The summed E-state index contributed by atoms with van der Waals surface area (Å²) in [6.07, 6.45) is 0.208. The van der Waals surface area contributed by atoms with Crippen molar-refractivity contribution in [1.82, 2.24) is 5.32 Å². The van der Waals surface area contributed by atoms with E-state index < -0.39 is 45.7 Å². The first-order valence-corrected chi connectivity index (χ1v) is 14.0. The minimum Gasteiger partial charge on any atom is -0.481 e. The molecule has 5 atom stereocenters. The second-order valence-electron chi connectivity index (χ2n) is 11.2. The van der Waals surface area contributed by atoms with Gasteiger partial charge >= 0.3 is 11.9 Å². The number of nitro groups is 1. The van der Waals surface area contributed by atoms with Crippen molar-refractivity contribution < 1.29 is 24.7 Å². The molecule has 42 heavy (non-hydrogen) atoms. The van der Waals surface area contributed by atoms with Gasteiger partial charge in [-0.2, -0.15) is 5.26 Å². The van der Waals surface area contributed by atoms with Crippen molar-refractivity contribution in [3.05, 3.63) is 112 Å². The molecule has 0 spiro atoms. The monoisotopic (exact) mass is 569 g/mol. The highest BCUT2D eigenvalue weighted by atomic mass is 16.6. The van der Waals surface area contributed by atoms with Gasteiger partial charge in [0, 0.05) is 42.5 Å². The number of benzene rings is 3. The fraction of sp³-hybridized carbons (Fsp3) is 0.364. The SMILES string of the molecule is CC1NC(C)C(CCC(c2ccccc2)c2ccccc2)(C(=O)O)C(c2cccc([N+](=O)[O-])c2)C1(CCC#N)C(=O)O. The van der Waals surface area contributed by atoms with Crippen LogP contribution in [0.3, 0.4) is 0 Å². The fourth-order valence-electron chi connectivity index (χ4n) is 7.14. The van der Waals surface area contributed by atoms with E-state index in [2.05, 4.69) is 5.32 Å². The van der Waals surface area contributed by atoms with E-state index in [0.29, 0.717) is 6.42 Å². The van der Waals surface area contributed by atoms with Crippen LogP contribution in [-0.4, -0.2) is 39.2 Å². The third kappa shape index (κ3) is 5.38. The number of nitriles is 1. The van der Waals surface area contributed by atoms with Crippen LogP contribution in [0.4, 0.5) is 5.69 Å². The molecule has 0 saturated carbocycles. The Labute approximate surface area is 245 Å². The zero-order valence-corrected chi connectivity index (χ0v) is 23.6. The Morgan fingerprint density at radius 2 is 1.43 bits per heavy atom. The van der Waals surface area contributed by atoms with Crippen LogP contribution >= 0.6 is 0 Å². The van der Waals surface area contributed by atoms with Gasteiger partial charge in [-0.15, -0.1) is 0 Å². The largest absolute Gasteiger partial charge is 0.481 e. The Bertz CT molecular complexity index is 1430. The van der Waals surface area contributed by atoms with Crippen LogP contribution < -0.4 is 5.32 Å². The minimum atomic E-state index is -1.73. The molecule has 1 fully saturated rings. The summed E-state index contributed by atoms with van der Waals surface area (Å²) >= 11 is 0. The van der Waals surface area contributed by atoms with Gasteiger partial charge in [0.15, 0.2) is 0 Å². The number of piperidine rings is 1. The number of carboxylic acid groups (broad SMARTS) is 2. The minimum absolute atomic E-state index is 0.0760. The Morgan fingerprint density at radius 3 is 1.90 bits per heavy atom. The first kappa shape index (κ1) is 30.4. The topological polar surface area (TPSA) is 154 Å². The van der Waals surface area contributed by atoms with Crippen LogP contribution in [0.25, 0.3) is 0 Å². The number of carbonyl (C=O) groups is 2. The quantitative estimate of drug-likeness (QED) is 0.184. The van der Waals surface area contributed by atoms with Crippen LogP contribution in [0.5, 0.6) is 0 Å². The van der Waals surface area contributed by atoms with Gasteiger partial charge in [-0.3, -0.25) is 19.7 Å². The Hall–Kier alpha value is -4.55. The molecular formula is C33H35N3O6. The molecule has 1 heterocycles. The van der Waals surface area contributed by atoms with Crippen LogP contribution in [0.15, 0.2) is 84.9 Å². The molecular weight excluding hydrogens is 534 g/mol. The maximum Gasteiger partial charge on any atom is 0.311 e. The van der Waals surface area contributed by atoms with E-state index in [4.69, 9.17) is 0 Å². The van der Waals surface area contributed by atoms with Crippen LogP contribution in [0, 0.1) is 32.3 Å². The average Bonchev–Trinajstić information content (AvgIpc) is 2.98. The first-order valence-electron chi connectivity index (χ1n) is 14.0. The van der Waals surface area contributed by atoms with Crippen LogP contribution in [0.2, 0.25) is 0 Å². The number of hydrogen-bond donors (Lipinski definition) is 3. The lowest BCUT2D eigenvalue weighted by Gasteiger charge is -2.57. The van der Waals surface area contributed by atoms with E-state index in [-0.39, 0.29) is 36.4 Å². The van der Waals surface area contributed by atoms with Crippen molar-refractivity contribution >= 4 is 17.6 Å². The second-order valence-corrected chi connectivity index (χ2v) is 11.2. The summed E-state index contributed by atoms with van der Waals surface area (Å²) < 4.78 is 0. The molecule has 3 N–H and O–H groups in total. The predicted molar refractivity (Wildman–Crippen MR) is 157 cm³/mol. The van der Waals surface area contributed by atoms with Gasteiger partial charge < -0.3 is 15.5 Å². The summed E-state index contributed by atoms with van der Waals surface area (Å²) in [6, 6.07) is 25.7. The lowest BCUT2D eigenvalue weighted by molar-refractivity contribution is -0.385. The summed E-state index contributed by atoms with van der Waals surface area (Å²) in [5, 5.41) is 46.5. The van der Waals surface area contributed by atoms with Crippen molar-refractivity contribution in [2.24, 2.45) is 10.8 Å². The summed E-state index contributed by atoms with van der Waals surface area (Å²) in [4.78, 5) is 38.2. The smallest absolute Gasteiger partial charge is 0.311 e. The molecule has 3 aromatic rings. The number of rotatable bonds is 11. The maximum absolute atomic E-state index is 13.6. The van der Waals surface area contributed by atoms with E-state index in [0.717, 1.165) is 11.1 Å². The zero-order chi connectivity index (χ0) is 30.5. The number of nitro benzene ring substituents is 1. The molecule has 5 unspecified atom stereocenters. The first-order chi connectivity index (χ1) is 20.1. The molecule has 4 rings (SSSR count). The molecule has 0 aromatic heterocycles. The Kier molecular flexibility index (Phi) is 9.08. The van der Waals surface area contributed by atoms with E-state index >= 15 is 0 Å². The summed E-state index contributed by atoms with van der Waals surface area (Å²) in [6.45, 7) is 3.43.